The highest BCUT2D eigenvalue weighted by atomic mass is 32.2. The Labute approximate surface area is 222 Å². The minimum absolute atomic E-state index is 0.0813. The van der Waals surface area contributed by atoms with Gasteiger partial charge >= 0.3 is 0 Å². The van der Waals surface area contributed by atoms with E-state index in [4.69, 9.17) is 0 Å². The summed E-state index contributed by atoms with van der Waals surface area (Å²) in [5.74, 6) is -0.572. The van der Waals surface area contributed by atoms with Crippen molar-refractivity contribution in [2.24, 2.45) is 5.92 Å². The molecule has 0 fully saturated rings. The molecule has 0 bridgehead atoms. The molecule has 0 atom stereocenters. The molecule has 190 valence electrons. The molecule has 0 aromatic heterocycles. The predicted octanol–water partition coefficient (Wildman–Crippen LogP) is 6.01. The van der Waals surface area contributed by atoms with E-state index in [2.05, 4.69) is 10.6 Å². The molecule has 0 saturated heterocycles. The molecule has 3 aromatic carbocycles. The quantitative estimate of drug-likeness (QED) is 0.325. The third-order valence-electron chi connectivity index (χ3n) is 5.82. The van der Waals surface area contributed by atoms with Crippen molar-refractivity contribution in [3.05, 3.63) is 101 Å². The van der Waals surface area contributed by atoms with E-state index >= 15 is 0 Å². The van der Waals surface area contributed by atoms with E-state index in [0.29, 0.717) is 30.0 Å². The molecule has 1 aliphatic rings. The monoisotopic (exact) mass is 513 g/mol. The Morgan fingerprint density at radius 2 is 1.62 bits per heavy atom. The van der Waals surface area contributed by atoms with Crippen molar-refractivity contribution < 1.29 is 14.4 Å². The molecule has 0 radical (unpaired) electrons. The van der Waals surface area contributed by atoms with Gasteiger partial charge < -0.3 is 10.6 Å². The van der Waals surface area contributed by atoms with Crippen LogP contribution in [0.15, 0.2) is 94.4 Å². The van der Waals surface area contributed by atoms with E-state index in [1.165, 1.54) is 16.7 Å². The summed E-state index contributed by atoms with van der Waals surface area (Å²) in [6.45, 7) is 6.29. The SMILES string of the molecule is Cc1ccc(NC2=C(Sc3cccc(NC(=O)CCc4ccccc4)c3)C(=O)N(CC(C)C)C2=O)cc1. The van der Waals surface area contributed by atoms with Crippen LogP contribution in [0.1, 0.15) is 31.4 Å². The predicted molar refractivity (Wildman–Crippen MR) is 149 cm³/mol. The van der Waals surface area contributed by atoms with Crippen molar-refractivity contribution in [3.63, 3.8) is 0 Å². The Kier molecular flexibility index (Phi) is 8.46. The smallest absolute Gasteiger partial charge is 0.278 e. The van der Waals surface area contributed by atoms with Gasteiger partial charge in [-0.25, -0.2) is 0 Å². The number of carbonyl (C=O) groups is 3. The Morgan fingerprint density at radius 3 is 2.32 bits per heavy atom. The van der Waals surface area contributed by atoms with Gasteiger partial charge in [0, 0.05) is 29.2 Å². The summed E-state index contributed by atoms with van der Waals surface area (Å²) in [7, 11) is 0. The number of thioether (sulfide) groups is 1. The number of carbonyl (C=O) groups excluding carboxylic acids is 3. The fraction of sp³-hybridized carbons (Fsp3) is 0.233. The van der Waals surface area contributed by atoms with Crippen molar-refractivity contribution in [2.75, 3.05) is 17.2 Å². The van der Waals surface area contributed by atoms with Crippen LogP contribution in [0.25, 0.3) is 0 Å². The van der Waals surface area contributed by atoms with Crippen LogP contribution in [-0.4, -0.2) is 29.2 Å². The van der Waals surface area contributed by atoms with Gasteiger partial charge in [-0.15, -0.1) is 0 Å². The molecule has 7 heteroatoms. The maximum atomic E-state index is 13.3. The van der Waals surface area contributed by atoms with E-state index in [-0.39, 0.29) is 29.3 Å². The summed E-state index contributed by atoms with van der Waals surface area (Å²) in [6.07, 6.45) is 1.03. The van der Waals surface area contributed by atoms with Gasteiger partial charge in [-0.05, 0) is 55.2 Å². The maximum Gasteiger partial charge on any atom is 0.278 e. The van der Waals surface area contributed by atoms with Crippen molar-refractivity contribution in [3.8, 4) is 0 Å². The van der Waals surface area contributed by atoms with Crippen molar-refractivity contribution in [1.82, 2.24) is 4.90 Å². The second-order valence-corrected chi connectivity index (χ2v) is 10.6. The third-order valence-corrected chi connectivity index (χ3v) is 6.89. The minimum atomic E-state index is -0.327. The van der Waals surface area contributed by atoms with Crippen molar-refractivity contribution in [2.45, 2.75) is 38.5 Å². The first-order chi connectivity index (χ1) is 17.8. The number of nitrogens with zero attached hydrogens (tertiary/aromatic N) is 1. The topological polar surface area (TPSA) is 78.5 Å². The zero-order chi connectivity index (χ0) is 26.4. The highest BCUT2D eigenvalue weighted by molar-refractivity contribution is 8.04. The van der Waals surface area contributed by atoms with Crippen LogP contribution in [0.5, 0.6) is 0 Å². The normalized spacial score (nSPS) is 13.5. The first kappa shape index (κ1) is 26.2. The summed E-state index contributed by atoms with van der Waals surface area (Å²) < 4.78 is 0. The van der Waals surface area contributed by atoms with E-state index in [0.717, 1.165) is 21.7 Å². The van der Waals surface area contributed by atoms with E-state index in [1.807, 2.05) is 99.6 Å². The van der Waals surface area contributed by atoms with Gasteiger partial charge in [0.05, 0.1) is 0 Å². The first-order valence-electron chi connectivity index (χ1n) is 12.4. The highest BCUT2D eigenvalue weighted by Gasteiger charge is 2.39. The van der Waals surface area contributed by atoms with Gasteiger partial charge in [0.15, 0.2) is 0 Å². The number of amides is 3. The van der Waals surface area contributed by atoms with Gasteiger partial charge in [-0.1, -0.05) is 79.7 Å². The van der Waals surface area contributed by atoms with Gasteiger partial charge in [-0.3, -0.25) is 19.3 Å². The molecule has 4 rings (SSSR count). The van der Waals surface area contributed by atoms with Crippen LogP contribution in [0, 0.1) is 12.8 Å². The summed E-state index contributed by atoms with van der Waals surface area (Å²) in [4.78, 5) is 41.5. The molecule has 2 N–H and O–H groups in total. The number of imide groups is 1. The molecule has 0 aliphatic carbocycles. The third kappa shape index (κ3) is 6.89. The standard InChI is InChI=1S/C30H31N3O3S/c1-20(2)19-33-29(35)27(32-23-15-12-21(3)13-16-23)28(30(33)36)37-25-11-7-10-24(18-25)31-26(34)17-14-22-8-5-4-6-9-22/h4-13,15-16,18,20,32H,14,17,19H2,1-3H3,(H,31,34). The average Bonchev–Trinajstić information content (AvgIpc) is 3.08. The molecule has 1 heterocycles. The van der Waals surface area contributed by atoms with Crippen LogP contribution < -0.4 is 10.6 Å². The lowest BCUT2D eigenvalue weighted by Gasteiger charge is -2.17. The molecule has 1 aliphatic heterocycles. The number of anilines is 2. The van der Waals surface area contributed by atoms with E-state index in [9.17, 15) is 14.4 Å². The second-order valence-electron chi connectivity index (χ2n) is 9.47. The maximum absolute atomic E-state index is 13.3. The average molecular weight is 514 g/mol. The van der Waals surface area contributed by atoms with Crippen LogP contribution >= 0.6 is 11.8 Å². The van der Waals surface area contributed by atoms with Crippen LogP contribution in [-0.2, 0) is 20.8 Å². The number of rotatable bonds is 10. The molecule has 0 spiro atoms. The number of hydrogen-bond acceptors (Lipinski definition) is 5. The zero-order valence-electron chi connectivity index (χ0n) is 21.3. The summed E-state index contributed by atoms with van der Waals surface area (Å²) >= 11 is 1.23. The Hall–Kier alpha value is -3.84. The lowest BCUT2D eigenvalue weighted by molar-refractivity contribution is -0.137. The summed E-state index contributed by atoms with van der Waals surface area (Å²) in [5, 5.41) is 6.12. The summed E-state index contributed by atoms with van der Waals surface area (Å²) in [6, 6.07) is 24.9. The molecular weight excluding hydrogens is 482 g/mol. The largest absolute Gasteiger partial charge is 0.350 e. The zero-order valence-corrected chi connectivity index (χ0v) is 22.1. The Bertz CT molecular complexity index is 1320. The molecule has 0 unspecified atom stereocenters. The molecular formula is C30H31N3O3S. The van der Waals surface area contributed by atoms with Gasteiger partial charge in [0.2, 0.25) is 5.91 Å². The van der Waals surface area contributed by atoms with E-state index in [1.54, 1.807) is 0 Å². The Balaban J connectivity index is 1.51. The van der Waals surface area contributed by atoms with Gasteiger partial charge in [-0.2, -0.15) is 0 Å². The van der Waals surface area contributed by atoms with Crippen molar-refractivity contribution >= 4 is 40.9 Å². The molecule has 3 amide bonds. The van der Waals surface area contributed by atoms with E-state index < -0.39 is 0 Å². The Morgan fingerprint density at radius 1 is 0.892 bits per heavy atom. The number of hydrogen-bond donors (Lipinski definition) is 2. The molecule has 0 saturated carbocycles. The second kappa shape index (κ2) is 11.9. The van der Waals surface area contributed by atoms with Crippen molar-refractivity contribution in [1.29, 1.82) is 0 Å². The summed E-state index contributed by atoms with van der Waals surface area (Å²) in [5.41, 5.74) is 3.87. The lowest BCUT2D eigenvalue weighted by Crippen LogP contribution is -2.35. The van der Waals surface area contributed by atoms with Crippen LogP contribution in [0.2, 0.25) is 0 Å². The van der Waals surface area contributed by atoms with Gasteiger partial charge in [0.25, 0.3) is 11.8 Å². The van der Waals surface area contributed by atoms with Gasteiger partial charge in [0.1, 0.15) is 10.6 Å². The minimum Gasteiger partial charge on any atom is -0.350 e. The van der Waals surface area contributed by atoms with Crippen LogP contribution in [0.3, 0.4) is 0 Å². The molecule has 37 heavy (non-hydrogen) atoms. The lowest BCUT2D eigenvalue weighted by atomic mass is 10.1. The van der Waals surface area contributed by atoms with Crippen LogP contribution in [0.4, 0.5) is 11.4 Å². The number of nitrogens with one attached hydrogen (secondary N) is 2. The highest BCUT2D eigenvalue weighted by Crippen LogP contribution is 2.37. The molecule has 3 aromatic rings. The number of aryl methyl sites for hydroxylation is 2. The number of benzene rings is 3. The molecule has 6 nitrogen and oxygen atoms in total. The first-order valence-corrected chi connectivity index (χ1v) is 13.2. The fourth-order valence-electron chi connectivity index (χ4n) is 3.95. The fourth-order valence-corrected chi connectivity index (χ4v) is 4.96.